The van der Waals surface area contributed by atoms with Crippen LogP contribution in [0.1, 0.15) is 12.5 Å². The molecule has 1 saturated heterocycles. The molecule has 0 radical (unpaired) electrons. The van der Waals surface area contributed by atoms with E-state index < -0.39 is 11.6 Å². The van der Waals surface area contributed by atoms with Crippen molar-refractivity contribution in [1.82, 2.24) is 0 Å². The maximum atomic E-state index is 13.4. The van der Waals surface area contributed by atoms with Crippen molar-refractivity contribution in [2.75, 3.05) is 11.5 Å². The van der Waals surface area contributed by atoms with E-state index in [0.717, 1.165) is 11.8 Å². The summed E-state index contributed by atoms with van der Waals surface area (Å²) >= 11 is 1.14. The number of halogens is 2. The number of carbonyl (C=O) groups is 1. The number of aliphatic imine (C=N–C) groups is 1. The van der Waals surface area contributed by atoms with E-state index in [0.29, 0.717) is 39.4 Å². The Bertz CT molecular complexity index is 1210. The molecular formula is C24H18F2N2O3S. The molecule has 162 valence electrons. The Morgan fingerprint density at radius 3 is 2.34 bits per heavy atom. The summed E-state index contributed by atoms with van der Waals surface area (Å²) in [7, 11) is 0. The molecule has 0 bridgehead atoms. The molecule has 1 aliphatic heterocycles. The molecule has 3 aromatic rings. The number of hydrogen-bond donors (Lipinski definition) is 1. The van der Waals surface area contributed by atoms with Crippen molar-refractivity contribution in [3.8, 4) is 11.5 Å². The Kier molecular flexibility index (Phi) is 6.23. The predicted octanol–water partition coefficient (Wildman–Crippen LogP) is 5.88. The smallest absolute Gasteiger partial charge is 0.271 e. The van der Waals surface area contributed by atoms with Gasteiger partial charge in [-0.2, -0.15) is 0 Å². The highest BCUT2D eigenvalue weighted by Gasteiger charge is 2.34. The monoisotopic (exact) mass is 452 g/mol. The number of ether oxygens (including phenoxy) is 1. The van der Waals surface area contributed by atoms with Crippen molar-refractivity contribution in [3.63, 3.8) is 0 Å². The number of rotatable bonds is 5. The normalized spacial score (nSPS) is 16.2. The third kappa shape index (κ3) is 4.65. The Morgan fingerprint density at radius 2 is 1.69 bits per heavy atom. The topological polar surface area (TPSA) is 62.1 Å². The van der Waals surface area contributed by atoms with E-state index in [1.54, 1.807) is 25.1 Å². The van der Waals surface area contributed by atoms with Crippen molar-refractivity contribution < 1.29 is 23.4 Å². The number of phenols is 1. The van der Waals surface area contributed by atoms with Crippen LogP contribution in [0, 0.1) is 11.6 Å². The van der Waals surface area contributed by atoms with Crippen LogP contribution in [0.25, 0.3) is 6.08 Å². The maximum absolute atomic E-state index is 13.4. The van der Waals surface area contributed by atoms with Gasteiger partial charge in [-0.25, -0.2) is 13.8 Å². The Hall–Kier alpha value is -3.65. The average Bonchev–Trinajstić information content (AvgIpc) is 3.07. The number of thioether (sulfide) groups is 1. The molecule has 0 saturated carbocycles. The number of phenolic OH excluding ortho intramolecular Hbond substituents is 1. The largest absolute Gasteiger partial charge is 0.504 e. The van der Waals surface area contributed by atoms with Gasteiger partial charge in [0.1, 0.15) is 11.6 Å². The number of anilines is 1. The van der Waals surface area contributed by atoms with E-state index in [9.17, 15) is 18.7 Å². The van der Waals surface area contributed by atoms with Gasteiger partial charge >= 0.3 is 0 Å². The van der Waals surface area contributed by atoms with Crippen LogP contribution in [0.2, 0.25) is 0 Å². The minimum Gasteiger partial charge on any atom is -0.504 e. The third-order valence-electron chi connectivity index (χ3n) is 4.52. The first-order valence-corrected chi connectivity index (χ1v) is 10.6. The SMILES string of the molecule is CCOc1cc(/C=C2\SC(=Nc3ccc(F)cc3)N(c3ccc(F)cc3)C2=O)ccc1O. The van der Waals surface area contributed by atoms with Crippen LogP contribution in [0.15, 0.2) is 76.6 Å². The lowest BCUT2D eigenvalue weighted by molar-refractivity contribution is -0.113. The summed E-state index contributed by atoms with van der Waals surface area (Å²) in [6, 6.07) is 15.9. The van der Waals surface area contributed by atoms with Crippen LogP contribution in [0.5, 0.6) is 11.5 Å². The molecule has 0 spiro atoms. The van der Waals surface area contributed by atoms with Gasteiger partial charge in [-0.05, 0) is 91.0 Å². The molecule has 1 N–H and O–H groups in total. The first-order chi connectivity index (χ1) is 15.4. The number of carbonyl (C=O) groups excluding carboxylic acids is 1. The molecule has 0 unspecified atom stereocenters. The van der Waals surface area contributed by atoms with Gasteiger partial charge in [0, 0.05) is 0 Å². The predicted molar refractivity (Wildman–Crippen MR) is 122 cm³/mol. The third-order valence-corrected chi connectivity index (χ3v) is 5.49. The highest BCUT2D eigenvalue weighted by Crippen LogP contribution is 2.38. The van der Waals surface area contributed by atoms with Gasteiger partial charge in [-0.3, -0.25) is 9.69 Å². The zero-order valence-corrected chi connectivity index (χ0v) is 17.8. The highest BCUT2D eigenvalue weighted by atomic mass is 32.2. The summed E-state index contributed by atoms with van der Waals surface area (Å²) in [5, 5.41) is 10.3. The molecule has 1 amide bonds. The zero-order chi connectivity index (χ0) is 22.7. The first-order valence-electron chi connectivity index (χ1n) is 9.74. The number of benzene rings is 3. The van der Waals surface area contributed by atoms with E-state index in [-0.39, 0.29) is 11.7 Å². The van der Waals surface area contributed by atoms with Gasteiger partial charge in [0.05, 0.1) is 22.9 Å². The first kappa shape index (κ1) is 21.6. The highest BCUT2D eigenvalue weighted by molar-refractivity contribution is 8.19. The molecule has 32 heavy (non-hydrogen) atoms. The Labute approximate surface area is 187 Å². The van der Waals surface area contributed by atoms with E-state index in [1.807, 2.05) is 0 Å². The lowest BCUT2D eigenvalue weighted by Gasteiger charge is -2.15. The van der Waals surface area contributed by atoms with Gasteiger partial charge in [-0.15, -0.1) is 0 Å². The summed E-state index contributed by atoms with van der Waals surface area (Å²) in [5.74, 6) is -0.835. The summed E-state index contributed by atoms with van der Waals surface area (Å²) < 4.78 is 32.1. The molecule has 1 aliphatic rings. The fourth-order valence-electron chi connectivity index (χ4n) is 3.04. The molecule has 0 atom stereocenters. The van der Waals surface area contributed by atoms with E-state index in [4.69, 9.17) is 4.74 Å². The molecule has 3 aromatic carbocycles. The van der Waals surface area contributed by atoms with Gasteiger partial charge in [-0.1, -0.05) is 6.07 Å². The van der Waals surface area contributed by atoms with Crippen molar-refractivity contribution >= 4 is 40.3 Å². The van der Waals surface area contributed by atoms with Crippen LogP contribution in [-0.2, 0) is 4.79 Å². The molecule has 4 rings (SSSR count). The molecule has 5 nitrogen and oxygen atoms in total. The second-order valence-electron chi connectivity index (χ2n) is 6.76. The Balaban J connectivity index is 1.75. The number of amidine groups is 1. The van der Waals surface area contributed by atoms with Crippen molar-refractivity contribution in [1.29, 1.82) is 0 Å². The molecule has 0 aliphatic carbocycles. The quantitative estimate of drug-likeness (QED) is 0.491. The lowest BCUT2D eigenvalue weighted by atomic mass is 10.2. The van der Waals surface area contributed by atoms with Crippen LogP contribution >= 0.6 is 11.8 Å². The number of amides is 1. The summed E-state index contributed by atoms with van der Waals surface area (Å²) in [4.78, 5) is 19.5. The average molecular weight is 452 g/mol. The summed E-state index contributed by atoms with van der Waals surface area (Å²) in [6.07, 6.45) is 1.67. The molecule has 1 heterocycles. The van der Waals surface area contributed by atoms with Crippen LogP contribution in [0.4, 0.5) is 20.2 Å². The van der Waals surface area contributed by atoms with Crippen molar-refractivity contribution in [2.24, 2.45) is 4.99 Å². The van der Waals surface area contributed by atoms with Gasteiger partial charge in [0.15, 0.2) is 16.7 Å². The second-order valence-corrected chi connectivity index (χ2v) is 7.77. The van der Waals surface area contributed by atoms with E-state index in [1.165, 1.54) is 59.5 Å². The summed E-state index contributed by atoms with van der Waals surface area (Å²) in [6.45, 7) is 2.19. The number of hydrogen-bond acceptors (Lipinski definition) is 5. The maximum Gasteiger partial charge on any atom is 0.271 e. The van der Waals surface area contributed by atoms with Gasteiger partial charge < -0.3 is 9.84 Å². The van der Waals surface area contributed by atoms with E-state index in [2.05, 4.69) is 4.99 Å². The van der Waals surface area contributed by atoms with Crippen LogP contribution in [0.3, 0.4) is 0 Å². The minimum absolute atomic E-state index is 0.00546. The second kappa shape index (κ2) is 9.23. The van der Waals surface area contributed by atoms with Crippen LogP contribution < -0.4 is 9.64 Å². The Morgan fingerprint density at radius 1 is 1.03 bits per heavy atom. The number of aromatic hydroxyl groups is 1. The standard InChI is InChI=1S/C24H18F2N2O3S/c1-2-31-21-13-15(3-12-20(21)29)14-22-23(30)28(19-10-6-17(26)7-11-19)24(32-22)27-18-8-4-16(25)5-9-18/h3-14,29H,2H2,1H3/b22-14-,27-24?. The fourth-order valence-corrected chi connectivity index (χ4v) is 4.04. The zero-order valence-electron chi connectivity index (χ0n) is 17.0. The minimum atomic E-state index is -0.423. The molecule has 0 aromatic heterocycles. The fraction of sp³-hybridized carbons (Fsp3) is 0.0833. The van der Waals surface area contributed by atoms with Crippen molar-refractivity contribution in [3.05, 3.63) is 88.8 Å². The molecular weight excluding hydrogens is 434 g/mol. The van der Waals surface area contributed by atoms with Crippen LogP contribution in [-0.4, -0.2) is 22.8 Å². The molecule has 1 fully saturated rings. The van der Waals surface area contributed by atoms with Gasteiger partial charge in [0.25, 0.3) is 5.91 Å². The number of nitrogens with zero attached hydrogens (tertiary/aromatic N) is 2. The van der Waals surface area contributed by atoms with Gasteiger partial charge in [0.2, 0.25) is 0 Å². The van der Waals surface area contributed by atoms with Crippen molar-refractivity contribution in [2.45, 2.75) is 6.92 Å². The van der Waals surface area contributed by atoms with E-state index >= 15 is 0 Å². The lowest BCUT2D eigenvalue weighted by Crippen LogP contribution is -2.28. The summed E-state index contributed by atoms with van der Waals surface area (Å²) in [5.41, 5.74) is 1.58. The molecule has 8 heteroatoms.